The summed E-state index contributed by atoms with van der Waals surface area (Å²) in [4.78, 5) is 102. The minimum absolute atomic E-state index is 0. The Morgan fingerprint density at radius 3 is 1.13 bits per heavy atom. The van der Waals surface area contributed by atoms with E-state index in [0.29, 0.717) is 22.6 Å². The average Bonchev–Trinajstić information content (AvgIpc) is 1.41. The molecule has 3 saturated heterocycles. The van der Waals surface area contributed by atoms with E-state index in [4.69, 9.17) is 48.7 Å². The number of carbonyl (C=O) groups excluding carboxylic acids is 4. The molecule has 12 aromatic rings. The molecule has 11 N–H and O–H groups in total. The van der Waals surface area contributed by atoms with Gasteiger partial charge in [0.2, 0.25) is 0 Å². The molecule has 2 aliphatic carbocycles. The first-order valence-electron chi connectivity index (χ1n) is 41.1. The Labute approximate surface area is 779 Å². The molecule has 3 aromatic heterocycles. The molecule has 6 heterocycles. The van der Waals surface area contributed by atoms with Gasteiger partial charge in [-0.25, -0.2) is 24.0 Å². The van der Waals surface area contributed by atoms with E-state index >= 15 is 0 Å². The van der Waals surface area contributed by atoms with Gasteiger partial charge in [0, 0.05) is 73.9 Å². The van der Waals surface area contributed by atoms with Crippen molar-refractivity contribution >= 4 is 103 Å². The van der Waals surface area contributed by atoms with Crippen molar-refractivity contribution in [3.05, 3.63) is 354 Å². The van der Waals surface area contributed by atoms with Crippen LogP contribution in [0.3, 0.4) is 0 Å². The smallest absolute Gasteiger partial charge is 0.407 e. The number of nitrogens with two attached hydrogens (primary N) is 1. The number of rotatable bonds is 25. The second kappa shape index (κ2) is 45.0. The number of aromatic nitrogens is 6. The molecule has 9 aromatic carbocycles. The molecule has 5 aliphatic rings. The van der Waals surface area contributed by atoms with Crippen LogP contribution >= 0.6 is 61.5 Å². The van der Waals surface area contributed by atoms with Crippen molar-refractivity contribution in [3.8, 4) is 33.8 Å². The molecule has 31 nitrogen and oxygen atoms in total. The number of halogens is 4. The van der Waals surface area contributed by atoms with E-state index in [2.05, 4.69) is 127 Å². The van der Waals surface area contributed by atoms with Gasteiger partial charge in [0.25, 0.3) is 11.8 Å². The first-order valence-corrected chi connectivity index (χ1v) is 55.9. The van der Waals surface area contributed by atoms with Gasteiger partial charge in [0.1, 0.15) is 84.8 Å². The molecule has 3 fully saturated rings. The Morgan fingerprint density at radius 2 is 0.785 bits per heavy atom. The topological polar surface area (TPSA) is 422 Å². The largest absolute Gasteiger partial charge is 0.497 e. The number of alkyl carbamates (subject to hydrolysis) is 2. The van der Waals surface area contributed by atoms with E-state index in [1.165, 1.54) is 50.5 Å². The zero-order valence-corrected chi connectivity index (χ0v) is 77.7. The first-order chi connectivity index (χ1) is 62.5. The Morgan fingerprint density at radius 1 is 0.454 bits per heavy atom. The van der Waals surface area contributed by atoms with Crippen molar-refractivity contribution < 1.29 is 82.6 Å². The van der Waals surface area contributed by atoms with Crippen LogP contribution in [-0.2, 0) is 47.1 Å². The first kappa shape index (κ1) is 96.2. The minimum atomic E-state index is -1.14. The minimum Gasteiger partial charge on any atom is -0.497 e. The summed E-state index contributed by atoms with van der Waals surface area (Å²) in [5, 5.41) is 59.7. The predicted octanol–water partition coefficient (Wildman–Crippen LogP) is 13.1. The molecule has 130 heavy (non-hydrogen) atoms. The maximum Gasteiger partial charge on any atom is 0.407 e. The van der Waals surface area contributed by atoms with Gasteiger partial charge in [-0.1, -0.05) is 176 Å². The molecule has 0 radical (unpaired) electrons. The molecule has 0 saturated carbocycles. The van der Waals surface area contributed by atoms with Gasteiger partial charge in [-0.05, 0) is 139 Å². The summed E-state index contributed by atoms with van der Waals surface area (Å²) >= 11 is 4.65. The maximum atomic E-state index is 13.4. The number of hydrogen-bond donors (Lipinski definition) is 10. The van der Waals surface area contributed by atoms with Crippen molar-refractivity contribution in [2.45, 2.75) is 105 Å². The second-order valence-corrected chi connectivity index (χ2v) is 59.3. The number of nitrogens with zero attached hydrogens (tertiary/aromatic N) is 6. The Kier molecular flexibility index (Phi) is 33.3. The monoisotopic (exact) mass is 2130 g/mol. The van der Waals surface area contributed by atoms with Gasteiger partial charge in [-0.2, -0.15) is 15.0 Å². The summed E-state index contributed by atoms with van der Waals surface area (Å²) in [6.45, 7) is 0.154. The number of ether oxygens (including phenoxy) is 8. The number of carbonyl (C=O) groups is 4. The number of hydrogen-bond acceptors (Lipinski definition) is 24. The average molecular weight is 2130 g/mol. The second-order valence-electron chi connectivity index (χ2n) is 30.5. The third-order valence-corrected chi connectivity index (χ3v) is 22.5. The number of nitrogens with one attached hydrogen (secondary N) is 4. The van der Waals surface area contributed by atoms with Crippen LogP contribution in [-0.4, -0.2) is 167 Å². The van der Waals surface area contributed by atoms with Crippen LogP contribution in [0.1, 0.15) is 121 Å². The van der Waals surface area contributed by atoms with Gasteiger partial charge in [0.05, 0.1) is 52.4 Å². The van der Waals surface area contributed by atoms with E-state index in [-0.39, 0.29) is 119 Å². The van der Waals surface area contributed by atoms with Crippen molar-refractivity contribution in [2.24, 2.45) is 0 Å². The van der Waals surface area contributed by atoms with Crippen molar-refractivity contribution in [2.75, 3.05) is 68.6 Å². The number of aliphatic hydroxyl groups excluding tert-OH is 5. The van der Waals surface area contributed by atoms with Crippen LogP contribution in [0.4, 0.5) is 27.0 Å². The van der Waals surface area contributed by atoms with Crippen molar-refractivity contribution in [1.82, 2.24) is 39.3 Å². The zero-order chi connectivity index (χ0) is 90.8. The van der Waals surface area contributed by atoms with Gasteiger partial charge >= 0.3 is 83.3 Å². The number of benzene rings is 9. The fraction of sp³-hybridized carbons (Fsp3) is 0.263. The number of amides is 4. The van der Waals surface area contributed by atoms with Crippen LogP contribution in [0.25, 0.3) is 22.3 Å². The molecule has 3 unspecified atom stereocenters. The Hall–Kier alpha value is -11.4. The fourth-order valence-corrected chi connectivity index (χ4v) is 16.0. The van der Waals surface area contributed by atoms with Crippen LogP contribution in [0.2, 0.25) is 0 Å². The van der Waals surface area contributed by atoms with Gasteiger partial charge < -0.3 is 90.4 Å². The van der Waals surface area contributed by atoms with Crippen molar-refractivity contribution in [3.63, 3.8) is 0 Å². The molecule has 17 rings (SSSR count). The molecule has 4 amide bonds. The molecule has 9 atom stereocenters. The Balaban J connectivity index is 0.000000191. The van der Waals surface area contributed by atoms with Gasteiger partial charge in [0.15, 0.2) is 0 Å². The number of aliphatic hydroxyl groups is 5. The van der Waals surface area contributed by atoms with Crippen LogP contribution in [0.15, 0.2) is 276 Å². The quantitative estimate of drug-likeness (QED) is 0.0144. The fourth-order valence-electron chi connectivity index (χ4n) is 16.0. The van der Waals surface area contributed by atoms with E-state index in [1.54, 1.807) is 62.8 Å². The maximum absolute atomic E-state index is 13.4. The van der Waals surface area contributed by atoms with Gasteiger partial charge in [-0.3, -0.25) is 23.3 Å². The summed E-state index contributed by atoms with van der Waals surface area (Å²) in [5.74, 6) is 0.604. The van der Waals surface area contributed by atoms with Gasteiger partial charge in [-0.15, -0.1) is 12.4 Å². The molecular weight excluding hydrogens is 2030 g/mol. The number of fused-ring (bicyclic) bond motifs is 6. The normalized spacial score (nSPS) is 18.6. The number of alkyl halides is 1. The summed E-state index contributed by atoms with van der Waals surface area (Å²) in [7, 11) is 3.22. The molecule has 0 bridgehead atoms. The predicted molar refractivity (Wildman–Crippen MR) is 514 cm³/mol. The van der Waals surface area contributed by atoms with E-state index in [0.717, 1.165) is 72.3 Å². The third kappa shape index (κ3) is 23.1. The standard InChI is InChI=1S/C53H48N4O9.C32H30N4O7.C9H13N3O4.CH3I3.ClH/c1-62-39-24-20-37(21-25-39)53(36-10-4-3-5-11-36,38-22-26-40(63-2)27-23-38)65-33-47-46(58)30-49(66-47)57-29-28-48(56-51(57)60)55-50(59)35-18-16-34(17-19-35)31-54-52(61)64-32-45-43-14-8-6-12-41(43)42-13-7-9-15-44(42)45;37-17-27-26(38)15-29(43-27)36-14-13-28(35-31(36)40)34-30(39)20-11-9-19(10-12-20)16-33-32(41)42-18-25-23-7-3-1-5-21(23)22-6-2-4-8-24(22)25;10-7-1-2-12(9(15)11-7)8-3-5(14)6(4-13)16-8;1-4(2)3;/h3-29,45-47,49,58H,30-33H2,1-2H3,(H,54,61)(H,55,56,59,60);1-14,25-27,29,37-38H,15-18H2,(H,33,41)(H,34,35,39,40);1-2,5-6,8,13-14H,3-4H2,(H2,10,11,15);1H3;1H/t46?,47-,49-;26?,27-,29-;5?,6-,8-;;/m111../s1. The molecular formula is C95H95ClI3N11O20. The van der Waals surface area contributed by atoms with Crippen LogP contribution in [0, 0.1) is 0 Å². The number of methoxy groups -OCH3 is 2. The molecule has 3 aliphatic heterocycles. The summed E-state index contributed by atoms with van der Waals surface area (Å²) in [6, 6.07) is 75.4. The summed E-state index contributed by atoms with van der Waals surface area (Å²) in [6.07, 6.45) is -3.31. The number of anilines is 3. The van der Waals surface area contributed by atoms with E-state index in [1.807, 2.05) is 127 Å². The van der Waals surface area contributed by atoms with E-state index < -0.39 is 102 Å². The van der Waals surface area contributed by atoms with Crippen LogP contribution < -0.4 is 53.5 Å². The SMILES string of the molecule is CI(I)I.COc1ccc(C(OC[C@H]2O[C@@H](n3ccc(NC(=O)c4ccc(CNC(=O)OCC5c6ccccc6-c6ccccc65)cc4)nc3=O)CC2O)(c2ccccc2)c2ccc(OC)cc2)cc1.Cl.Nc1ccn([C@H]2CC(O)[C@@H](CO)O2)c(=O)n1.O=C(NCc1ccc(C(=O)Nc2ccn([C@H]3CC(O)[C@@H](CO)O3)c(=O)n2)cc1)OCC1c2ccccc2-c2ccccc21. The molecule has 0 spiro atoms. The van der Waals surface area contributed by atoms with E-state index in [9.17, 15) is 54.0 Å². The number of nitrogen functional groups attached to an aromatic ring is 1. The molecule has 678 valence electrons. The molecule has 35 heteroatoms. The van der Waals surface area contributed by atoms with Crippen molar-refractivity contribution in [1.29, 1.82) is 0 Å². The summed E-state index contributed by atoms with van der Waals surface area (Å²) < 4.78 is 49.9. The zero-order valence-electron chi connectivity index (χ0n) is 70.4. The Bertz CT molecular complexity index is 5950. The summed E-state index contributed by atoms with van der Waals surface area (Å²) in [5.41, 5.74) is 16.2. The van der Waals surface area contributed by atoms with Crippen LogP contribution in [0.5, 0.6) is 11.5 Å². The third-order valence-electron chi connectivity index (χ3n) is 22.5.